The second-order valence-electron chi connectivity index (χ2n) is 4.83. The molecule has 0 spiro atoms. The number of aliphatic hydroxyl groups excluding tert-OH is 1. The summed E-state index contributed by atoms with van der Waals surface area (Å²) in [6, 6.07) is 18.0. The van der Waals surface area contributed by atoms with Crippen LogP contribution in [0.15, 0.2) is 65.3 Å². The molecule has 0 aliphatic rings. The van der Waals surface area contributed by atoms with Crippen LogP contribution in [0.4, 0.5) is 0 Å². The predicted octanol–water partition coefficient (Wildman–Crippen LogP) is 3.26. The Hall–Kier alpha value is -2.10. The SMILES string of the molecule is O[C@@H](CNCc1ccco1)c1ccc2ccccc2c1. The molecule has 0 amide bonds. The van der Waals surface area contributed by atoms with Crippen LogP contribution in [0.5, 0.6) is 0 Å². The molecule has 2 aromatic carbocycles. The number of fused-ring (bicyclic) bond motifs is 1. The van der Waals surface area contributed by atoms with E-state index in [1.165, 1.54) is 5.39 Å². The van der Waals surface area contributed by atoms with Gasteiger partial charge in [0, 0.05) is 6.54 Å². The van der Waals surface area contributed by atoms with E-state index in [9.17, 15) is 5.11 Å². The minimum absolute atomic E-state index is 0.499. The lowest BCUT2D eigenvalue weighted by Gasteiger charge is -2.12. The number of benzene rings is 2. The minimum Gasteiger partial charge on any atom is -0.468 e. The lowest BCUT2D eigenvalue weighted by Crippen LogP contribution is -2.20. The van der Waals surface area contributed by atoms with Gasteiger partial charge in [-0.25, -0.2) is 0 Å². The number of furan rings is 1. The monoisotopic (exact) mass is 267 g/mol. The summed E-state index contributed by atoms with van der Waals surface area (Å²) in [5.74, 6) is 0.871. The molecule has 0 aliphatic heterocycles. The van der Waals surface area contributed by atoms with Crippen molar-refractivity contribution in [2.75, 3.05) is 6.54 Å². The zero-order valence-corrected chi connectivity index (χ0v) is 11.1. The molecule has 20 heavy (non-hydrogen) atoms. The zero-order valence-electron chi connectivity index (χ0n) is 11.1. The average molecular weight is 267 g/mol. The van der Waals surface area contributed by atoms with Crippen LogP contribution in [0.3, 0.4) is 0 Å². The third-order valence-corrected chi connectivity index (χ3v) is 3.38. The van der Waals surface area contributed by atoms with E-state index in [-0.39, 0.29) is 0 Å². The van der Waals surface area contributed by atoms with E-state index < -0.39 is 6.10 Å². The summed E-state index contributed by atoms with van der Waals surface area (Å²) in [7, 11) is 0. The van der Waals surface area contributed by atoms with Gasteiger partial charge in [-0.3, -0.25) is 0 Å². The van der Waals surface area contributed by atoms with Crippen molar-refractivity contribution in [1.29, 1.82) is 0 Å². The highest BCUT2D eigenvalue weighted by Crippen LogP contribution is 2.20. The van der Waals surface area contributed by atoms with E-state index in [0.29, 0.717) is 13.1 Å². The fourth-order valence-corrected chi connectivity index (χ4v) is 2.28. The molecule has 0 fully saturated rings. The summed E-state index contributed by atoms with van der Waals surface area (Å²) in [6.45, 7) is 1.12. The fourth-order valence-electron chi connectivity index (χ4n) is 2.28. The summed E-state index contributed by atoms with van der Waals surface area (Å²) in [5, 5.41) is 15.7. The van der Waals surface area contributed by atoms with Crippen LogP contribution in [-0.4, -0.2) is 11.7 Å². The first-order valence-corrected chi connectivity index (χ1v) is 6.73. The second-order valence-corrected chi connectivity index (χ2v) is 4.83. The van der Waals surface area contributed by atoms with E-state index in [1.807, 2.05) is 42.5 Å². The molecule has 1 aromatic heterocycles. The molecule has 1 atom stereocenters. The Morgan fingerprint density at radius 2 is 1.85 bits per heavy atom. The van der Waals surface area contributed by atoms with Crippen molar-refractivity contribution < 1.29 is 9.52 Å². The van der Waals surface area contributed by atoms with Crippen molar-refractivity contribution in [3.05, 3.63) is 72.2 Å². The largest absolute Gasteiger partial charge is 0.468 e. The molecule has 3 nitrogen and oxygen atoms in total. The summed E-state index contributed by atoms with van der Waals surface area (Å²) in [5.41, 5.74) is 0.927. The number of aliphatic hydroxyl groups is 1. The van der Waals surface area contributed by atoms with Gasteiger partial charge in [0.2, 0.25) is 0 Å². The molecule has 3 heteroatoms. The van der Waals surface area contributed by atoms with E-state index in [4.69, 9.17) is 4.42 Å². The van der Waals surface area contributed by atoms with Gasteiger partial charge in [0.15, 0.2) is 0 Å². The summed E-state index contributed by atoms with van der Waals surface area (Å²) in [6.07, 6.45) is 1.13. The average Bonchev–Trinajstić information content (AvgIpc) is 3.00. The standard InChI is InChI=1S/C17H17NO2/c19-17(12-18-11-16-6-3-9-20-16)15-8-7-13-4-1-2-5-14(13)10-15/h1-10,17-19H,11-12H2/t17-/m0/s1. The molecule has 0 bridgehead atoms. The highest BCUT2D eigenvalue weighted by molar-refractivity contribution is 5.83. The number of hydrogen-bond acceptors (Lipinski definition) is 3. The van der Waals surface area contributed by atoms with Gasteiger partial charge in [0.25, 0.3) is 0 Å². The Balaban J connectivity index is 1.64. The van der Waals surface area contributed by atoms with Gasteiger partial charge in [-0.1, -0.05) is 36.4 Å². The van der Waals surface area contributed by atoms with Crippen molar-refractivity contribution >= 4 is 10.8 Å². The Bertz CT molecular complexity index is 676. The zero-order chi connectivity index (χ0) is 13.8. The predicted molar refractivity (Wildman–Crippen MR) is 79.3 cm³/mol. The molecule has 3 rings (SSSR count). The van der Waals surface area contributed by atoms with Crippen LogP contribution in [0.2, 0.25) is 0 Å². The molecule has 0 saturated carbocycles. The van der Waals surface area contributed by atoms with Crippen LogP contribution in [0.25, 0.3) is 10.8 Å². The summed E-state index contributed by atoms with van der Waals surface area (Å²) >= 11 is 0. The smallest absolute Gasteiger partial charge is 0.117 e. The summed E-state index contributed by atoms with van der Waals surface area (Å²) < 4.78 is 5.23. The molecule has 0 aliphatic carbocycles. The van der Waals surface area contributed by atoms with Gasteiger partial charge >= 0.3 is 0 Å². The van der Waals surface area contributed by atoms with Crippen molar-refractivity contribution in [2.45, 2.75) is 12.6 Å². The van der Waals surface area contributed by atoms with Crippen LogP contribution in [0.1, 0.15) is 17.4 Å². The van der Waals surface area contributed by atoms with Gasteiger partial charge in [-0.15, -0.1) is 0 Å². The van der Waals surface area contributed by atoms with E-state index in [0.717, 1.165) is 16.7 Å². The number of hydrogen-bond donors (Lipinski definition) is 2. The minimum atomic E-state index is -0.519. The van der Waals surface area contributed by atoms with Crippen molar-refractivity contribution in [3.8, 4) is 0 Å². The first-order chi connectivity index (χ1) is 9.83. The number of rotatable bonds is 5. The van der Waals surface area contributed by atoms with Crippen LogP contribution in [0, 0.1) is 0 Å². The van der Waals surface area contributed by atoms with Gasteiger partial charge < -0.3 is 14.8 Å². The highest BCUT2D eigenvalue weighted by Gasteiger charge is 2.08. The summed E-state index contributed by atoms with van der Waals surface area (Å²) in [4.78, 5) is 0. The Morgan fingerprint density at radius 1 is 1.00 bits per heavy atom. The third kappa shape index (κ3) is 2.90. The lowest BCUT2D eigenvalue weighted by atomic mass is 10.0. The highest BCUT2D eigenvalue weighted by atomic mass is 16.3. The maximum Gasteiger partial charge on any atom is 0.117 e. The Labute approximate surface area is 117 Å². The molecular formula is C17H17NO2. The van der Waals surface area contributed by atoms with Gasteiger partial charge in [-0.2, -0.15) is 0 Å². The Morgan fingerprint density at radius 3 is 2.65 bits per heavy atom. The van der Waals surface area contributed by atoms with E-state index >= 15 is 0 Å². The van der Waals surface area contributed by atoms with Crippen LogP contribution >= 0.6 is 0 Å². The molecule has 0 radical (unpaired) electrons. The lowest BCUT2D eigenvalue weighted by molar-refractivity contribution is 0.173. The molecule has 0 saturated heterocycles. The second kappa shape index (κ2) is 5.90. The first-order valence-electron chi connectivity index (χ1n) is 6.73. The first kappa shape index (κ1) is 12.9. The molecule has 3 aromatic rings. The fraction of sp³-hybridized carbons (Fsp3) is 0.176. The van der Waals surface area contributed by atoms with Gasteiger partial charge in [0.1, 0.15) is 5.76 Å². The topological polar surface area (TPSA) is 45.4 Å². The third-order valence-electron chi connectivity index (χ3n) is 3.38. The van der Waals surface area contributed by atoms with E-state index in [1.54, 1.807) is 6.26 Å². The van der Waals surface area contributed by atoms with Crippen molar-refractivity contribution in [3.63, 3.8) is 0 Å². The Kier molecular flexibility index (Phi) is 3.81. The molecule has 2 N–H and O–H groups in total. The number of nitrogens with one attached hydrogen (secondary N) is 1. The van der Waals surface area contributed by atoms with Gasteiger partial charge in [-0.05, 0) is 34.5 Å². The molecule has 0 unspecified atom stereocenters. The van der Waals surface area contributed by atoms with Crippen molar-refractivity contribution in [1.82, 2.24) is 5.32 Å². The molecular weight excluding hydrogens is 250 g/mol. The van der Waals surface area contributed by atoms with E-state index in [2.05, 4.69) is 17.4 Å². The molecule has 102 valence electrons. The van der Waals surface area contributed by atoms with Crippen molar-refractivity contribution in [2.24, 2.45) is 0 Å². The maximum atomic E-state index is 10.2. The molecule has 1 heterocycles. The quantitative estimate of drug-likeness (QED) is 0.746. The van der Waals surface area contributed by atoms with Gasteiger partial charge in [0.05, 0.1) is 18.9 Å². The normalized spacial score (nSPS) is 12.7. The maximum absolute atomic E-state index is 10.2. The van der Waals surface area contributed by atoms with Crippen LogP contribution < -0.4 is 5.32 Å². The van der Waals surface area contributed by atoms with Crippen LogP contribution in [-0.2, 0) is 6.54 Å².